The third-order valence-corrected chi connectivity index (χ3v) is 4.90. The van der Waals surface area contributed by atoms with E-state index in [2.05, 4.69) is 36.4 Å². The van der Waals surface area contributed by atoms with Crippen molar-refractivity contribution in [1.29, 1.82) is 0 Å². The number of hydrogen-bond donors (Lipinski definition) is 1. The molecular formula is C17H14N2S. The molecule has 0 radical (unpaired) electrons. The molecule has 1 aromatic heterocycles. The third-order valence-electron chi connectivity index (χ3n) is 3.76. The Balaban J connectivity index is 1.75. The predicted octanol–water partition coefficient (Wildman–Crippen LogP) is 3.76. The number of aromatic nitrogens is 1. The van der Waals surface area contributed by atoms with Gasteiger partial charge in [-0.05, 0) is 11.1 Å². The third kappa shape index (κ3) is 1.79. The van der Waals surface area contributed by atoms with Crippen LogP contribution < -0.4 is 5.73 Å². The highest BCUT2D eigenvalue weighted by atomic mass is 32.1. The lowest BCUT2D eigenvalue weighted by Crippen LogP contribution is -2.11. The second-order valence-electron chi connectivity index (χ2n) is 5.05. The molecule has 0 aliphatic heterocycles. The fraction of sp³-hybridized carbons (Fsp3) is 0.118. The van der Waals surface area contributed by atoms with Gasteiger partial charge >= 0.3 is 0 Å². The van der Waals surface area contributed by atoms with E-state index in [0.29, 0.717) is 0 Å². The Morgan fingerprint density at radius 1 is 1.00 bits per heavy atom. The Bertz CT molecular complexity index is 762. The van der Waals surface area contributed by atoms with Crippen LogP contribution in [0.5, 0.6) is 0 Å². The minimum Gasteiger partial charge on any atom is -0.318 e. The number of nitrogens with two attached hydrogens (primary N) is 1. The van der Waals surface area contributed by atoms with Gasteiger partial charge in [0.05, 0.1) is 11.7 Å². The molecule has 1 unspecified atom stereocenters. The van der Waals surface area contributed by atoms with Gasteiger partial charge < -0.3 is 5.73 Å². The Morgan fingerprint density at radius 3 is 2.60 bits per heavy atom. The monoisotopic (exact) mass is 278 g/mol. The van der Waals surface area contributed by atoms with E-state index in [-0.39, 0.29) is 6.04 Å². The molecule has 1 heterocycles. The second-order valence-corrected chi connectivity index (χ2v) is 6.16. The summed E-state index contributed by atoms with van der Waals surface area (Å²) in [5.74, 6) is 0. The number of rotatable bonds is 2. The molecule has 3 aromatic rings. The highest BCUT2D eigenvalue weighted by molar-refractivity contribution is 7.12. The first kappa shape index (κ1) is 11.8. The highest BCUT2D eigenvalue weighted by Gasteiger charge is 2.24. The van der Waals surface area contributed by atoms with Crippen LogP contribution in [0.1, 0.15) is 27.1 Å². The molecule has 2 aromatic carbocycles. The molecule has 1 aliphatic rings. The predicted molar refractivity (Wildman–Crippen MR) is 82.8 cm³/mol. The van der Waals surface area contributed by atoms with Crippen LogP contribution in [-0.2, 0) is 6.42 Å². The smallest absolute Gasteiger partial charge is 0.115 e. The van der Waals surface area contributed by atoms with Gasteiger partial charge in [-0.3, -0.25) is 0 Å². The van der Waals surface area contributed by atoms with Gasteiger partial charge in [0.2, 0.25) is 0 Å². The summed E-state index contributed by atoms with van der Waals surface area (Å²) in [4.78, 5) is 6.14. The molecule has 0 amide bonds. The largest absolute Gasteiger partial charge is 0.318 e. The Hall–Kier alpha value is -1.97. The summed E-state index contributed by atoms with van der Waals surface area (Å²) in [6, 6.07) is 18.5. The average Bonchev–Trinajstić information content (AvgIpc) is 3.05. The molecule has 0 saturated carbocycles. The summed E-state index contributed by atoms with van der Waals surface area (Å²) in [6.45, 7) is 0. The molecule has 0 fully saturated rings. The van der Waals surface area contributed by atoms with Crippen LogP contribution in [0.2, 0.25) is 0 Å². The summed E-state index contributed by atoms with van der Waals surface area (Å²) in [6.07, 6.45) is 0.991. The van der Waals surface area contributed by atoms with Crippen molar-refractivity contribution < 1.29 is 0 Å². The number of nitrogens with zero attached hydrogens (tertiary/aromatic N) is 1. The van der Waals surface area contributed by atoms with Crippen LogP contribution in [0.15, 0.2) is 54.6 Å². The summed E-state index contributed by atoms with van der Waals surface area (Å²) >= 11 is 1.75. The summed E-state index contributed by atoms with van der Waals surface area (Å²) < 4.78 is 0. The molecule has 98 valence electrons. The van der Waals surface area contributed by atoms with Gasteiger partial charge in [-0.25, -0.2) is 4.98 Å². The van der Waals surface area contributed by atoms with Crippen LogP contribution in [0.3, 0.4) is 0 Å². The summed E-state index contributed by atoms with van der Waals surface area (Å²) in [5.41, 5.74) is 11.2. The standard InChI is InChI=1S/C17H14N2S/c18-15(11-6-2-1-3-7-11)17-19-16-13-9-5-4-8-12(13)10-14(16)20-17/h1-9,15H,10,18H2. The minimum atomic E-state index is -0.126. The van der Waals surface area contributed by atoms with Crippen molar-refractivity contribution in [3.8, 4) is 11.3 Å². The van der Waals surface area contributed by atoms with E-state index < -0.39 is 0 Å². The molecule has 1 atom stereocenters. The fourth-order valence-corrected chi connectivity index (χ4v) is 3.85. The summed E-state index contributed by atoms with van der Waals surface area (Å²) in [5, 5.41) is 1.01. The maximum absolute atomic E-state index is 6.35. The van der Waals surface area contributed by atoms with Crippen LogP contribution in [0.25, 0.3) is 11.3 Å². The molecule has 0 bridgehead atoms. The molecule has 2 N–H and O–H groups in total. The van der Waals surface area contributed by atoms with Gasteiger partial charge in [0.15, 0.2) is 0 Å². The lowest BCUT2D eigenvalue weighted by atomic mass is 10.1. The van der Waals surface area contributed by atoms with E-state index in [4.69, 9.17) is 10.7 Å². The lowest BCUT2D eigenvalue weighted by Gasteiger charge is -2.08. The van der Waals surface area contributed by atoms with Crippen molar-refractivity contribution >= 4 is 11.3 Å². The zero-order chi connectivity index (χ0) is 13.5. The number of thiazole rings is 1. The second kappa shape index (κ2) is 4.54. The summed E-state index contributed by atoms with van der Waals surface area (Å²) in [7, 11) is 0. The van der Waals surface area contributed by atoms with Crippen molar-refractivity contribution in [2.45, 2.75) is 12.5 Å². The van der Waals surface area contributed by atoms with E-state index in [1.165, 1.54) is 16.0 Å². The quantitative estimate of drug-likeness (QED) is 0.606. The molecule has 1 aliphatic carbocycles. The van der Waals surface area contributed by atoms with Gasteiger partial charge in [-0.2, -0.15) is 0 Å². The van der Waals surface area contributed by atoms with Crippen molar-refractivity contribution in [2.75, 3.05) is 0 Å². The van der Waals surface area contributed by atoms with Crippen LogP contribution in [0, 0.1) is 0 Å². The maximum atomic E-state index is 6.35. The first-order valence-electron chi connectivity index (χ1n) is 6.71. The van der Waals surface area contributed by atoms with Crippen molar-refractivity contribution in [1.82, 2.24) is 4.98 Å². The normalized spacial score (nSPS) is 13.8. The molecule has 0 saturated heterocycles. The molecule has 4 rings (SSSR count). The van der Waals surface area contributed by atoms with E-state index in [1.54, 1.807) is 11.3 Å². The Labute approximate surface area is 121 Å². The SMILES string of the molecule is NC(c1ccccc1)c1nc2c(s1)Cc1ccccc1-2. The number of hydrogen-bond acceptors (Lipinski definition) is 3. The lowest BCUT2D eigenvalue weighted by molar-refractivity contribution is 0.859. The fourth-order valence-electron chi connectivity index (χ4n) is 2.71. The van der Waals surface area contributed by atoms with Gasteiger partial charge in [0, 0.05) is 16.9 Å². The van der Waals surface area contributed by atoms with Gasteiger partial charge in [-0.1, -0.05) is 54.6 Å². The zero-order valence-electron chi connectivity index (χ0n) is 10.9. The molecular weight excluding hydrogens is 264 g/mol. The van der Waals surface area contributed by atoms with Crippen LogP contribution in [-0.4, -0.2) is 4.98 Å². The van der Waals surface area contributed by atoms with Crippen molar-refractivity contribution in [3.63, 3.8) is 0 Å². The van der Waals surface area contributed by atoms with E-state index in [9.17, 15) is 0 Å². The maximum Gasteiger partial charge on any atom is 0.115 e. The average molecular weight is 278 g/mol. The molecule has 2 nitrogen and oxygen atoms in total. The van der Waals surface area contributed by atoms with Crippen molar-refractivity contribution in [3.05, 3.63) is 75.6 Å². The Kier molecular flexibility index (Phi) is 2.69. The van der Waals surface area contributed by atoms with E-state index in [0.717, 1.165) is 22.7 Å². The van der Waals surface area contributed by atoms with Crippen LogP contribution in [0.4, 0.5) is 0 Å². The van der Waals surface area contributed by atoms with Crippen molar-refractivity contribution in [2.24, 2.45) is 5.73 Å². The van der Waals surface area contributed by atoms with E-state index >= 15 is 0 Å². The van der Waals surface area contributed by atoms with Crippen LogP contribution >= 0.6 is 11.3 Å². The topological polar surface area (TPSA) is 38.9 Å². The molecule has 0 spiro atoms. The van der Waals surface area contributed by atoms with E-state index in [1.807, 2.05) is 18.2 Å². The minimum absolute atomic E-state index is 0.126. The Morgan fingerprint density at radius 2 is 1.75 bits per heavy atom. The van der Waals surface area contributed by atoms with Gasteiger partial charge in [0.1, 0.15) is 5.01 Å². The molecule has 20 heavy (non-hydrogen) atoms. The number of benzene rings is 2. The first-order valence-corrected chi connectivity index (χ1v) is 7.53. The zero-order valence-corrected chi connectivity index (χ0v) is 11.7. The highest BCUT2D eigenvalue weighted by Crippen LogP contribution is 2.40. The van der Waals surface area contributed by atoms with Gasteiger partial charge in [0.25, 0.3) is 0 Å². The molecule has 3 heteroatoms. The number of fused-ring (bicyclic) bond motifs is 3. The first-order chi connectivity index (χ1) is 9.83. The van der Waals surface area contributed by atoms with Gasteiger partial charge in [-0.15, -0.1) is 11.3 Å².